The van der Waals surface area contributed by atoms with Crippen LogP contribution in [0, 0.1) is 3.57 Å². The van der Waals surface area contributed by atoms with Gasteiger partial charge < -0.3 is 15.2 Å². The zero-order chi connectivity index (χ0) is 18.6. The number of anilines is 1. The van der Waals surface area contributed by atoms with Gasteiger partial charge in [-0.15, -0.1) is 0 Å². The second-order valence-corrected chi connectivity index (χ2v) is 7.66. The van der Waals surface area contributed by atoms with Crippen molar-refractivity contribution < 1.29 is 27.9 Å². The molecule has 0 radical (unpaired) electrons. The summed E-state index contributed by atoms with van der Waals surface area (Å²) in [6, 6.07) is 9.58. The summed E-state index contributed by atoms with van der Waals surface area (Å²) >= 11 is 1.97. The van der Waals surface area contributed by atoms with Crippen molar-refractivity contribution in [3.05, 3.63) is 51.6 Å². The normalized spacial score (nSPS) is 11.0. The molecule has 0 saturated carbocycles. The van der Waals surface area contributed by atoms with Gasteiger partial charge in [0.25, 0.3) is 5.91 Å². The average molecular weight is 476 g/mol. The molecule has 8 nitrogen and oxygen atoms in total. The number of nitrogens with one attached hydrogen (secondary N) is 1. The van der Waals surface area contributed by atoms with Crippen LogP contribution < -0.4 is 10.5 Å². The molecule has 0 atom stereocenters. The van der Waals surface area contributed by atoms with Crippen LogP contribution in [0.5, 0.6) is 5.75 Å². The number of esters is 1. The molecule has 0 aliphatic heterocycles. The maximum Gasteiger partial charge on any atom is 0.342 e. The van der Waals surface area contributed by atoms with Crippen molar-refractivity contribution in [2.45, 2.75) is 4.90 Å². The first-order valence-electron chi connectivity index (χ1n) is 6.75. The van der Waals surface area contributed by atoms with Crippen molar-refractivity contribution in [1.82, 2.24) is 0 Å². The molecule has 2 rings (SSSR count). The number of halogens is 1. The van der Waals surface area contributed by atoms with Crippen molar-refractivity contribution in [3.63, 3.8) is 0 Å². The second kappa shape index (κ2) is 7.80. The van der Waals surface area contributed by atoms with E-state index in [0.29, 0.717) is 5.69 Å². The Morgan fingerprint density at radius 2 is 1.80 bits per heavy atom. The molecule has 0 heterocycles. The number of sulfonamides is 1. The third-order valence-corrected chi connectivity index (χ3v) is 4.58. The first-order valence-corrected chi connectivity index (χ1v) is 9.37. The Bertz CT molecular complexity index is 912. The summed E-state index contributed by atoms with van der Waals surface area (Å²) in [5, 5.41) is 17.0. The number of rotatable bonds is 5. The molecule has 0 spiro atoms. The number of primary sulfonamides is 1. The predicted molar refractivity (Wildman–Crippen MR) is 97.6 cm³/mol. The van der Waals surface area contributed by atoms with Crippen LogP contribution in [0.25, 0.3) is 0 Å². The molecule has 0 aliphatic rings. The number of nitrogens with two attached hydrogens (primary N) is 1. The van der Waals surface area contributed by atoms with Gasteiger partial charge in [-0.3, -0.25) is 4.79 Å². The van der Waals surface area contributed by atoms with Gasteiger partial charge in [-0.25, -0.2) is 18.4 Å². The van der Waals surface area contributed by atoms with Crippen LogP contribution in [0.3, 0.4) is 0 Å². The Morgan fingerprint density at radius 1 is 1.16 bits per heavy atom. The number of aromatic hydroxyl groups is 1. The fraction of sp³-hybridized carbons (Fsp3) is 0.0667. The number of phenolic OH excluding ortho intramolecular Hbond substituents is 1. The molecule has 10 heteroatoms. The minimum atomic E-state index is -3.81. The van der Waals surface area contributed by atoms with E-state index in [9.17, 15) is 23.1 Å². The highest BCUT2D eigenvalue weighted by atomic mass is 127. The van der Waals surface area contributed by atoms with Crippen LogP contribution in [0.2, 0.25) is 0 Å². The van der Waals surface area contributed by atoms with Crippen molar-refractivity contribution in [1.29, 1.82) is 0 Å². The van der Waals surface area contributed by atoms with Gasteiger partial charge in [0.2, 0.25) is 10.0 Å². The number of amides is 1. The van der Waals surface area contributed by atoms with E-state index >= 15 is 0 Å². The Kier molecular flexibility index (Phi) is 5.98. The highest BCUT2D eigenvalue weighted by Crippen LogP contribution is 2.20. The van der Waals surface area contributed by atoms with E-state index in [1.807, 2.05) is 22.6 Å². The fourth-order valence-corrected chi connectivity index (χ4v) is 2.81. The van der Waals surface area contributed by atoms with Crippen LogP contribution in [0.4, 0.5) is 5.69 Å². The van der Waals surface area contributed by atoms with Crippen molar-refractivity contribution >= 4 is 50.2 Å². The minimum Gasteiger partial charge on any atom is -0.507 e. The number of phenols is 1. The first kappa shape index (κ1) is 19.1. The predicted octanol–water partition coefficient (Wildman–Crippen LogP) is 1.44. The SMILES string of the molecule is NS(=O)(=O)c1ccc(NC(=O)COC(=O)c2cc(I)ccc2O)cc1. The molecular weight excluding hydrogens is 463 g/mol. The molecule has 0 saturated heterocycles. The van der Waals surface area contributed by atoms with Crippen LogP contribution in [-0.4, -0.2) is 32.0 Å². The number of ether oxygens (including phenoxy) is 1. The third-order valence-electron chi connectivity index (χ3n) is 2.98. The smallest absolute Gasteiger partial charge is 0.342 e. The fourth-order valence-electron chi connectivity index (χ4n) is 1.81. The van der Waals surface area contributed by atoms with Crippen LogP contribution in [0.15, 0.2) is 47.4 Å². The Labute approximate surface area is 157 Å². The summed E-state index contributed by atoms with van der Waals surface area (Å²) in [6.45, 7) is -0.569. The van der Waals surface area contributed by atoms with E-state index in [0.717, 1.165) is 3.57 Å². The maximum absolute atomic E-state index is 11.9. The lowest BCUT2D eigenvalue weighted by Crippen LogP contribution is -2.21. The Balaban J connectivity index is 1.94. The highest BCUT2D eigenvalue weighted by Gasteiger charge is 2.15. The second-order valence-electron chi connectivity index (χ2n) is 4.86. The van der Waals surface area contributed by atoms with Gasteiger partial charge in [0, 0.05) is 9.26 Å². The first-order chi connectivity index (χ1) is 11.7. The Hall–Kier alpha value is -2.18. The van der Waals surface area contributed by atoms with Crippen LogP contribution in [-0.2, 0) is 19.6 Å². The molecule has 1 amide bonds. The molecule has 2 aromatic carbocycles. The van der Waals surface area contributed by atoms with Crippen LogP contribution in [0.1, 0.15) is 10.4 Å². The quantitative estimate of drug-likeness (QED) is 0.442. The molecule has 0 bridgehead atoms. The van der Waals surface area contributed by atoms with Gasteiger partial charge in [-0.05, 0) is 65.1 Å². The molecule has 0 aromatic heterocycles. The standard InChI is InChI=1S/C15H13IN2O6S/c16-9-1-6-13(19)12(7-9)15(21)24-8-14(20)18-10-2-4-11(5-3-10)25(17,22)23/h1-7,19H,8H2,(H,18,20)(H2,17,22,23). The van der Waals surface area contributed by atoms with Crippen molar-refractivity contribution in [3.8, 4) is 5.75 Å². The zero-order valence-electron chi connectivity index (χ0n) is 12.6. The summed E-state index contributed by atoms with van der Waals surface area (Å²) in [6.07, 6.45) is 0. The number of carbonyl (C=O) groups is 2. The topological polar surface area (TPSA) is 136 Å². The van der Waals surface area contributed by atoms with Crippen LogP contribution >= 0.6 is 22.6 Å². The van der Waals surface area contributed by atoms with E-state index < -0.39 is 28.5 Å². The largest absolute Gasteiger partial charge is 0.507 e. The summed E-state index contributed by atoms with van der Waals surface area (Å²) in [7, 11) is -3.81. The molecule has 2 aromatic rings. The lowest BCUT2D eigenvalue weighted by molar-refractivity contribution is -0.119. The molecular formula is C15H13IN2O6S. The summed E-state index contributed by atoms with van der Waals surface area (Å²) in [5.74, 6) is -1.71. The summed E-state index contributed by atoms with van der Waals surface area (Å²) in [5.41, 5.74) is 0.266. The van der Waals surface area contributed by atoms with Gasteiger partial charge >= 0.3 is 5.97 Å². The molecule has 0 unspecified atom stereocenters. The lowest BCUT2D eigenvalue weighted by atomic mass is 10.2. The maximum atomic E-state index is 11.9. The van der Waals surface area contributed by atoms with Crippen molar-refractivity contribution in [2.75, 3.05) is 11.9 Å². The average Bonchev–Trinajstić information content (AvgIpc) is 2.54. The number of hydrogen-bond donors (Lipinski definition) is 3. The van der Waals surface area contributed by atoms with Gasteiger partial charge in [0.1, 0.15) is 11.3 Å². The van der Waals surface area contributed by atoms with E-state index in [1.54, 1.807) is 6.07 Å². The lowest BCUT2D eigenvalue weighted by Gasteiger charge is -2.08. The van der Waals surface area contributed by atoms with Gasteiger partial charge in [0.05, 0.1) is 4.90 Å². The molecule has 0 fully saturated rings. The van der Waals surface area contributed by atoms with E-state index in [2.05, 4.69) is 5.32 Å². The number of benzene rings is 2. The van der Waals surface area contributed by atoms with Gasteiger partial charge in [0.15, 0.2) is 6.61 Å². The Morgan fingerprint density at radius 3 is 2.40 bits per heavy atom. The summed E-state index contributed by atoms with van der Waals surface area (Å²) in [4.78, 5) is 23.6. The highest BCUT2D eigenvalue weighted by molar-refractivity contribution is 14.1. The number of carbonyl (C=O) groups excluding carboxylic acids is 2. The monoisotopic (exact) mass is 476 g/mol. The van der Waals surface area contributed by atoms with Gasteiger partial charge in [-0.2, -0.15) is 0 Å². The van der Waals surface area contributed by atoms with Gasteiger partial charge in [-0.1, -0.05) is 0 Å². The summed E-state index contributed by atoms with van der Waals surface area (Å²) < 4.78 is 27.9. The van der Waals surface area contributed by atoms with E-state index in [-0.39, 0.29) is 16.2 Å². The molecule has 0 aliphatic carbocycles. The molecule has 132 valence electrons. The third kappa shape index (κ3) is 5.41. The van der Waals surface area contributed by atoms with E-state index in [1.165, 1.54) is 36.4 Å². The molecule has 25 heavy (non-hydrogen) atoms. The van der Waals surface area contributed by atoms with E-state index in [4.69, 9.17) is 9.88 Å². The van der Waals surface area contributed by atoms with Crippen molar-refractivity contribution in [2.24, 2.45) is 5.14 Å². The number of hydrogen-bond acceptors (Lipinski definition) is 6. The zero-order valence-corrected chi connectivity index (χ0v) is 15.6. The molecule has 4 N–H and O–H groups in total. The minimum absolute atomic E-state index is 0.0443.